The van der Waals surface area contributed by atoms with Gasteiger partial charge in [0.25, 0.3) is 0 Å². The van der Waals surface area contributed by atoms with Gasteiger partial charge in [0.2, 0.25) is 0 Å². The van der Waals surface area contributed by atoms with E-state index in [0.717, 1.165) is 22.0 Å². The lowest BCUT2D eigenvalue weighted by atomic mass is 9.98. The van der Waals surface area contributed by atoms with E-state index in [0.29, 0.717) is 17.1 Å². The molecule has 0 aliphatic carbocycles. The van der Waals surface area contributed by atoms with Crippen LogP contribution in [-0.4, -0.2) is 15.0 Å². The van der Waals surface area contributed by atoms with Crippen LogP contribution in [0.5, 0.6) is 0 Å². The molecule has 28 heavy (non-hydrogen) atoms. The first-order chi connectivity index (χ1) is 13.5. The molecule has 2 N–H and O–H groups in total. The van der Waals surface area contributed by atoms with Crippen molar-refractivity contribution in [3.05, 3.63) is 70.9 Å². The largest absolute Gasteiger partial charge is 0.383 e. The van der Waals surface area contributed by atoms with Crippen molar-refractivity contribution in [1.29, 1.82) is 0 Å². The van der Waals surface area contributed by atoms with E-state index in [2.05, 4.69) is 15.0 Å². The number of pyridine rings is 1. The molecule has 0 unspecified atom stereocenters. The Hall–Kier alpha value is -2.76. The molecule has 0 radical (unpaired) electrons. The molecule has 4 nitrogen and oxygen atoms in total. The number of nitrogens with two attached hydrogens (primary N) is 1. The Balaban J connectivity index is 0.00000109. The summed E-state index contributed by atoms with van der Waals surface area (Å²) in [4.78, 5) is 12.6. The zero-order chi connectivity index (χ0) is 20.3. The van der Waals surface area contributed by atoms with Crippen molar-refractivity contribution in [2.45, 2.75) is 13.8 Å². The summed E-state index contributed by atoms with van der Waals surface area (Å²) in [6, 6.07) is 12.0. The van der Waals surface area contributed by atoms with Gasteiger partial charge in [0.1, 0.15) is 18.0 Å². The molecule has 0 bridgehead atoms. The highest BCUT2D eigenvalue weighted by Gasteiger charge is 2.16. The van der Waals surface area contributed by atoms with Crippen molar-refractivity contribution < 1.29 is 4.39 Å². The number of fused-ring (bicyclic) bond motifs is 1. The van der Waals surface area contributed by atoms with Gasteiger partial charge in [-0.25, -0.2) is 14.4 Å². The van der Waals surface area contributed by atoms with Gasteiger partial charge in [0, 0.05) is 27.7 Å². The molecule has 0 fully saturated rings. The average Bonchev–Trinajstić information content (AvgIpc) is 2.72. The summed E-state index contributed by atoms with van der Waals surface area (Å²) in [6.45, 7) is 4.00. The fourth-order valence-corrected chi connectivity index (χ4v) is 3.23. The smallest absolute Gasteiger partial charge is 0.143 e. The Bertz CT molecular complexity index is 1150. The molecule has 2 aromatic carbocycles. The summed E-state index contributed by atoms with van der Waals surface area (Å²) in [5.41, 5.74) is 9.24. The third kappa shape index (κ3) is 3.77. The molecule has 142 valence electrons. The quantitative estimate of drug-likeness (QED) is 0.384. The number of rotatable bonds is 2. The number of nitrogen functional groups attached to an aromatic ring is 1. The van der Waals surface area contributed by atoms with Crippen LogP contribution in [0.3, 0.4) is 0 Å². The highest BCUT2D eigenvalue weighted by Crippen LogP contribution is 2.38. The molecule has 2 aromatic heterocycles. The summed E-state index contributed by atoms with van der Waals surface area (Å²) in [5, 5.41) is 0.941. The molecule has 0 aliphatic rings. The minimum Gasteiger partial charge on any atom is -0.383 e. The number of aromatic nitrogens is 3. The molecule has 4 rings (SSSR count). The maximum absolute atomic E-state index is 14.0. The number of halogens is 3. The van der Waals surface area contributed by atoms with Crippen LogP contribution in [0.1, 0.15) is 13.8 Å². The van der Waals surface area contributed by atoms with Crippen molar-refractivity contribution in [3.8, 4) is 22.4 Å². The van der Waals surface area contributed by atoms with Gasteiger partial charge in [-0.3, -0.25) is 4.98 Å². The van der Waals surface area contributed by atoms with Gasteiger partial charge in [-0.05, 0) is 35.9 Å². The van der Waals surface area contributed by atoms with Gasteiger partial charge in [-0.1, -0.05) is 49.2 Å². The predicted octanol–water partition coefficient (Wildman–Crippen LogP) is 6.41. The maximum atomic E-state index is 14.0. The second-order valence-electron chi connectivity index (χ2n) is 5.64. The predicted molar refractivity (Wildman–Crippen MR) is 114 cm³/mol. The summed E-state index contributed by atoms with van der Waals surface area (Å²) < 4.78 is 14.0. The van der Waals surface area contributed by atoms with Crippen LogP contribution < -0.4 is 5.73 Å². The Morgan fingerprint density at radius 3 is 2.50 bits per heavy atom. The van der Waals surface area contributed by atoms with E-state index in [1.807, 2.05) is 38.1 Å². The first-order valence-corrected chi connectivity index (χ1v) is 9.41. The highest BCUT2D eigenvalue weighted by molar-refractivity contribution is 6.35. The Morgan fingerprint density at radius 1 is 0.929 bits per heavy atom. The minimum atomic E-state index is -0.595. The lowest BCUT2D eigenvalue weighted by molar-refractivity contribution is 0.629. The molecule has 0 amide bonds. The standard InChI is InChI=1S/C19H11Cl2FN4.C2H6/c20-11-7-14(17(21)15(22)8-11)18-12(2-1-5-24-18)10-3-4-16-13(6-10)19(23)26-9-25-16;1-2/h1-9H,(H2,23,25,26);1-2H3. The van der Waals surface area contributed by atoms with Gasteiger partial charge in [-0.2, -0.15) is 0 Å². The van der Waals surface area contributed by atoms with Gasteiger partial charge in [0.15, 0.2) is 0 Å². The van der Waals surface area contributed by atoms with E-state index in [-0.39, 0.29) is 10.0 Å². The minimum absolute atomic E-state index is 0.0296. The maximum Gasteiger partial charge on any atom is 0.143 e. The number of benzene rings is 2. The molecule has 7 heteroatoms. The van der Waals surface area contributed by atoms with Gasteiger partial charge < -0.3 is 5.73 Å². The van der Waals surface area contributed by atoms with Crippen LogP contribution >= 0.6 is 23.2 Å². The molecular formula is C21H17Cl2FN4. The lowest BCUT2D eigenvalue weighted by Gasteiger charge is -2.12. The molecule has 4 aromatic rings. The van der Waals surface area contributed by atoms with Crippen molar-refractivity contribution in [3.63, 3.8) is 0 Å². The molecule has 0 atom stereocenters. The van der Waals surface area contributed by atoms with E-state index in [1.165, 1.54) is 12.4 Å². The van der Waals surface area contributed by atoms with Gasteiger partial charge >= 0.3 is 0 Å². The first kappa shape index (κ1) is 20.0. The molecule has 0 saturated heterocycles. The van der Waals surface area contributed by atoms with Crippen LogP contribution in [-0.2, 0) is 0 Å². The van der Waals surface area contributed by atoms with Crippen LogP contribution in [0.25, 0.3) is 33.3 Å². The lowest BCUT2D eigenvalue weighted by Crippen LogP contribution is -1.95. The van der Waals surface area contributed by atoms with Gasteiger partial charge in [-0.15, -0.1) is 0 Å². The van der Waals surface area contributed by atoms with E-state index >= 15 is 0 Å². The molecule has 0 saturated carbocycles. The zero-order valence-corrected chi connectivity index (χ0v) is 16.8. The average molecular weight is 415 g/mol. The third-order valence-corrected chi connectivity index (χ3v) is 4.64. The monoisotopic (exact) mass is 414 g/mol. The summed E-state index contributed by atoms with van der Waals surface area (Å²) in [7, 11) is 0. The summed E-state index contributed by atoms with van der Waals surface area (Å²) in [6.07, 6.45) is 3.04. The SMILES string of the molecule is CC.Nc1ncnc2ccc(-c3cccnc3-c3cc(Cl)cc(F)c3Cl)cc12. The Kier molecular flexibility index (Phi) is 6.07. The Morgan fingerprint density at radius 2 is 1.71 bits per heavy atom. The van der Waals surface area contributed by atoms with Crippen LogP contribution in [0.15, 0.2) is 55.0 Å². The molecular weight excluding hydrogens is 398 g/mol. The first-order valence-electron chi connectivity index (χ1n) is 8.65. The van der Waals surface area contributed by atoms with E-state index < -0.39 is 5.82 Å². The van der Waals surface area contributed by atoms with Crippen LogP contribution in [0.4, 0.5) is 10.2 Å². The number of anilines is 1. The van der Waals surface area contributed by atoms with Gasteiger partial charge in [0.05, 0.1) is 16.2 Å². The van der Waals surface area contributed by atoms with E-state index in [1.54, 1.807) is 18.3 Å². The van der Waals surface area contributed by atoms with Crippen molar-refractivity contribution in [2.24, 2.45) is 0 Å². The van der Waals surface area contributed by atoms with Crippen molar-refractivity contribution in [1.82, 2.24) is 15.0 Å². The normalized spacial score (nSPS) is 10.5. The number of nitrogens with zero attached hydrogens (tertiary/aromatic N) is 3. The number of hydrogen-bond acceptors (Lipinski definition) is 4. The highest BCUT2D eigenvalue weighted by atomic mass is 35.5. The third-order valence-electron chi connectivity index (χ3n) is 4.03. The van der Waals surface area contributed by atoms with Crippen LogP contribution in [0.2, 0.25) is 10.0 Å². The molecule has 0 aliphatic heterocycles. The van der Waals surface area contributed by atoms with Crippen LogP contribution in [0, 0.1) is 5.82 Å². The Labute approximate surface area is 172 Å². The van der Waals surface area contributed by atoms with Crippen molar-refractivity contribution in [2.75, 3.05) is 5.73 Å². The second-order valence-corrected chi connectivity index (χ2v) is 6.45. The molecule has 0 spiro atoms. The molecule has 2 heterocycles. The second kappa shape index (κ2) is 8.50. The zero-order valence-electron chi connectivity index (χ0n) is 15.2. The van der Waals surface area contributed by atoms with E-state index in [4.69, 9.17) is 28.9 Å². The summed E-state index contributed by atoms with van der Waals surface area (Å²) >= 11 is 12.2. The number of hydrogen-bond donors (Lipinski definition) is 1. The fourth-order valence-electron chi connectivity index (χ4n) is 2.83. The fraction of sp³-hybridized carbons (Fsp3) is 0.0952. The topological polar surface area (TPSA) is 64.7 Å². The van der Waals surface area contributed by atoms with E-state index in [9.17, 15) is 4.39 Å². The summed E-state index contributed by atoms with van der Waals surface area (Å²) in [5.74, 6) is -0.212. The van der Waals surface area contributed by atoms with Crippen molar-refractivity contribution >= 4 is 39.9 Å².